The number of hydrogen-bond donors (Lipinski definition) is 1. The fraction of sp³-hybridized carbons (Fsp3) is 0.583. The summed E-state index contributed by atoms with van der Waals surface area (Å²) in [5, 5.41) is 11.4. The van der Waals surface area contributed by atoms with Crippen LogP contribution in [-0.2, 0) is 6.42 Å². The lowest BCUT2D eigenvalue weighted by molar-refractivity contribution is 0.0699. The lowest BCUT2D eigenvalue weighted by atomic mass is 9.84. The average Bonchev–Trinajstić information content (AvgIpc) is 2.57. The van der Waals surface area contributed by atoms with Crippen molar-refractivity contribution in [2.24, 2.45) is 5.92 Å². The summed E-state index contributed by atoms with van der Waals surface area (Å²) in [6, 6.07) is 0. The zero-order valence-corrected chi connectivity index (χ0v) is 10.0. The second-order valence-electron chi connectivity index (χ2n) is 4.52. The Hall–Kier alpha value is -0.670. The second-order valence-corrected chi connectivity index (χ2v) is 5.84. The van der Waals surface area contributed by atoms with Gasteiger partial charge in [0.25, 0.3) is 0 Å². The van der Waals surface area contributed by atoms with E-state index in [1.165, 1.54) is 4.88 Å². The number of hydrogen-bond acceptors (Lipinski definition) is 3. The standard InChI is InChI=1S/C12H17NOS/c1-9-3-5-12(14,6-4-9)7-11-13-8-10(2)15-11/h3,5,8-9,14H,4,6-7H2,1-2H3. The molecule has 2 rings (SSSR count). The van der Waals surface area contributed by atoms with Crippen LogP contribution in [0.3, 0.4) is 0 Å². The molecule has 0 saturated heterocycles. The van der Waals surface area contributed by atoms with Crippen LogP contribution < -0.4 is 0 Å². The van der Waals surface area contributed by atoms with Gasteiger partial charge in [-0.1, -0.05) is 19.1 Å². The molecule has 1 heterocycles. The van der Waals surface area contributed by atoms with E-state index in [0.29, 0.717) is 12.3 Å². The quantitative estimate of drug-likeness (QED) is 0.782. The van der Waals surface area contributed by atoms with E-state index in [9.17, 15) is 5.11 Å². The Bertz CT molecular complexity index is 371. The van der Waals surface area contributed by atoms with E-state index < -0.39 is 5.60 Å². The lowest BCUT2D eigenvalue weighted by Gasteiger charge is -2.28. The summed E-state index contributed by atoms with van der Waals surface area (Å²) in [5.74, 6) is 0.600. The third-order valence-electron chi connectivity index (χ3n) is 2.89. The summed E-state index contributed by atoms with van der Waals surface area (Å²) in [5.41, 5.74) is -0.656. The summed E-state index contributed by atoms with van der Waals surface area (Å²) in [6.45, 7) is 4.23. The molecule has 0 amide bonds. The van der Waals surface area contributed by atoms with Crippen LogP contribution in [-0.4, -0.2) is 15.7 Å². The van der Waals surface area contributed by atoms with Crippen molar-refractivity contribution in [3.63, 3.8) is 0 Å². The van der Waals surface area contributed by atoms with Crippen LogP contribution in [0, 0.1) is 12.8 Å². The molecule has 0 radical (unpaired) electrons. The first kappa shape index (κ1) is 10.8. The predicted octanol–water partition coefficient (Wildman–Crippen LogP) is 2.71. The van der Waals surface area contributed by atoms with E-state index in [1.807, 2.05) is 19.2 Å². The summed E-state index contributed by atoms with van der Waals surface area (Å²) in [4.78, 5) is 5.51. The van der Waals surface area contributed by atoms with Gasteiger partial charge in [0.05, 0.1) is 10.6 Å². The number of aliphatic hydroxyl groups is 1. The summed E-state index contributed by atoms with van der Waals surface area (Å²) < 4.78 is 0. The normalized spacial score (nSPS) is 30.7. The molecule has 0 saturated carbocycles. The minimum atomic E-state index is -0.656. The largest absolute Gasteiger partial charge is 0.385 e. The van der Waals surface area contributed by atoms with E-state index in [2.05, 4.69) is 18.0 Å². The van der Waals surface area contributed by atoms with Crippen LogP contribution in [0.2, 0.25) is 0 Å². The number of nitrogens with zero attached hydrogens (tertiary/aromatic N) is 1. The van der Waals surface area contributed by atoms with Gasteiger partial charge >= 0.3 is 0 Å². The van der Waals surface area contributed by atoms with Gasteiger partial charge in [-0.25, -0.2) is 4.98 Å². The van der Waals surface area contributed by atoms with Gasteiger partial charge in [-0.05, 0) is 25.7 Å². The van der Waals surface area contributed by atoms with Gasteiger partial charge in [0, 0.05) is 17.5 Å². The van der Waals surface area contributed by atoms with Crippen LogP contribution in [0.4, 0.5) is 0 Å². The van der Waals surface area contributed by atoms with Crippen LogP contribution in [0.5, 0.6) is 0 Å². The van der Waals surface area contributed by atoms with Crippen molar-refractivity contribution in [3.8, 4) is 0 Å². The Morgan fingerprint density at radius 2 is 2.47 bits per heavy atom. The van der Waals surface area contributed by atoms with Crippen molar-refractivity contribution < 1.29 is 5.11 Å². The number of aryl methyl sites for hydroxylation is 1. The summed E-state index contributed by atoms with van der Waals surface area (Å²) in [6.07, 6.45) is 8.52. The molecule has 1 aromatic rings. The highest BCUT2D eigenvalue weighted by Crippen LogP contribution is 2.29. The Kier molecular flexibility index (Phi) is 2.94. The summed E-state index contributed by atoms with van der Waals surface area (Å²) >= 11 is 1.68. The topological polar surface area (TPSA) is 33.1 Å². The van der Waals surface area contributed by atoms with Crippen molar-refractivity contribution in [2.75, 3.05) is 0 Å². The zero-order chi connectivity index (χ0) is 10.9. The van der Waals surface area contributed by atoms with Crippen molar-refractivity contribution in [1.82, 2.24) is 4.98 Å². The van der Waals surface area contributed by atoms with Crippen molar-refractivity contribution in [1.29, 1.82) is 0 Å². The third-order valence-corrected chi connectivity index (χ3v) is 3.81. The maximum atomic E-state index is 10.3. The molecule has 82 valence electrons. The maximum Gasteiger partial charge on any atom is 0.0959 e. The molecule has 0 bridgehead atoms. The molecule has 1 N–H and O–H groups in total. The molecule has 0 aromatic carbocycles. The van der Waals surface area contributed by atoms with Crippen LogP contribution in [0.25, 0.3) is 0 Å². The fourth-order valence-electron chi connectivity index (χ4n) is 1.89. The van der Waals surface area contributed by atoms with Crippen LogP contribution >= 0.6 is 11.3 Å². The maximum absolute atomic E-state index is 10.3. The Morgan fingerprint density at radius 1 is 1.67 bits per heavy atom. The highest BCUT2D eigenvalue weighted by molar-refractivity contribution is 7.11. The number of rotatable bonds is 2. The Labute approximate surface area is 94.7 Å². The minimum absolute atomic E-state index is 0.600. The molecular formula is C12H17NOS. The molecule has 2 nitrogen and oxygen atoms in total. The third kappa shape index (κ3) is 2.67. The van der Waals surface area contributed by atoms with Crippen molar-refractivity contribution in [2.45, 2.75) is 38.7 Å². The lowest BCUT2D eigenvalue weighted by Crippen LogP contribution is -2.31. The number of allylic oxidation sites excluding steroid dienone is 1. The van der Waals surface area contributed by atoms with Crippen LogP contribution in [0.15, 0.2) is 18.3 Å². The fourth-order valence-corrected chi connectivity index (χ4v) is 2.80. The first-order valence-corrected chi connectivity index (χ1v) is 6.22. The predicted molar refractivity (Wildman–Crippen MR) is 63.0 cm³/mol. The van der Waals surface area contributed by atoms with E-state index in [0.717, 1.165) is 17.8 Å². The summed E-state index contributed by atoms with van der Waals surface area (Å²) in [7, 11) is 0. The first-order chi connectivity index (χ1) is 7.07. The Balaban J connectivity index is 2.08. The number of aromatic nitrogens is 1. The molecule has 2 atom stereocenters. The highest BCUT2D eigenvalue weighted by Gasteiger charge is 2.28. The molecule has 1 aliphatic rings. The molecule has 3 heteroatoms. The van der Waals surface area contributed by atoms with Gasteiger partial charge in [0.1, 0.15) is 0 Å². The van der Waals surface area contributed by atoms with Gasteiger partial charge in [-0.15, -0.1) is 11.3 Å². The molecule has 0 aliphatic heterocycles. The average molecular weight is 223 g/mol. The van der Waals surface area contributed by atoms with Gasteiger partial charge in [-0.3, -0.25) is 0 Å². The molecule has 2 unspecified atom stereocenters. The monoisotopic (exact) mass is 223 g/mol. The highest BCUT2D eigenvalue weighted by atomic mass is 32.1. The van der Waals surface area contributed by atoms with Crippen molar-refractivity contribution >= 4 is 11.3 Å². The second kappa shape index (κ2) is 4.06. The minimum Gasteiger partial charge on any atom is -0.385 e. The molecule has 0 spiro atoms. The molecular weight excluding hydrogens is 206 g/mol. The van der Waals surface area contributed by atoms with Gasteiger partial charge < -0.3 is 5.11 Å². The molecule has 15 heavy (non-hydrogen) atoms. The van der Waals surface area contributed by atoms with Gasteiger partial charge in [-0.2, -0.15) is 0 Å². The van der Waals surface area contributed by atoms with Crippen LogP contribution in [0.1, 0.15) is 29.7 Å². The molecule has 0 fully saturated rings. The van der Waals surface area contributed by atoms with E-state index in [4.69, 9.17) is 0 Å². The number of thiazole rings is 1. The van der Waals surface area contributed by atoms with Crippen molar-refractivity contribution in [3.05, 3.63) is 28.2 Å². The first-order valence-electron chi connectivity index (χ1n) is 5.40. The Morgan fingerprint density at radius 3 is 3.00 bits per heavy atom. The van der Waals surface area contributed by atoms with Gasteiger partial charge in [0.2, 0.25) is 0 Å². The molecule has 1 aromatic heterocycles. The molecule has 1 aliphatic carbocycles. The smallest absolute Gasteiger partial charge is 0.0959 e. The van der Waals surface area contributed by atoms with Gasteiger partial charge in [0.15, 0.2) is 0 Å². The van der Waals surface area contributed by atoms with E-state index >= 15 is 0 Å². The van der Waals surface area contributed by atoms with E-state index in [-0.39, 0.29) is 0 Å². The zero-order valence-electron chi connectivity index (χ0n) is 9.23. The van der Waals surface area contributed by atoms with E-state index in [1.54, 1.807) is 11.3 Å². The SMILES string of the molecule is Cc1cnc(CC2(O)C=CC(C)CC2)s1.